The van der Waals surface area contributed by atoms with Gasteiger partial charge in [0.25, 0.3) is 0 Å². The van der Waals surface area contributed by atoms with Gasteiger partial charge in [-0.25, -0.2) is 9.78 Å². The molecule has 0 saturated heterocycles. The average Bonchev–Trinajstić information content (AvgIpc) is 3.02. The lowest BCUT2D eigenvalue weighted by atomic mass is 9.98. The van der Waals surface area contributed by atoms with E-state index in [9.17, 15) is 9.90 Å². The lowest BCUT2D eigenvalue weighted by Gasteiger charge is -2.30. The molecule has 1 aromatic heterocycles. The van der Waals surface area contributed by atoms with Crippen molar-refractivity contribution in [2.24, 2.45) is 0 Å². The molecule has 0 spiro atoms. The number of hydrogen-bond donors (Lipinski definition) is 1. The molecule has 1 aromatic carbocycles. The first-order valence-corrected chi connectivity index (χ1v) is 7.69. The van der Waals surface area contributed by atoms with Gasteiger partial charge in [-0.1, -0.05) is 32.8 Å². The monoisotopic (exact) mass is 286 g/mol. The highest BCUT2D eigenvalue weighted by molar-refractivity contribution is 6.01. The standard InChI is InChI=1S/C17H22N2O2/c1-11(2)15-18-13-8-6-7-12(16(20)21)14(13)19(15)17(3)9-4-5-10-17/h6-8,11H,4-5,9-10H2,1-3H3,(H,20,21). The summed E-state index contributed by atoms with van der Waals surface area (Å²) in [5.41, 5.74) is 1.93. The molecule has 1 fully saturated rings. The Labute approximate surface area is 124 Å². The Morgan fingerprint density at radius 1 is 1.33 bits per heavy atom. The molecule has 1 saturated carbocycles. The van der Waals surface area contributed by atoms with Gasteiger partial charge in [0.1, 0.15) is 5.82 Å². The maximum Gasteiger partial charge on any atom is 0.337 e. The van der Waals surface area contributed by atoms with E-state index in [-0.39, 0.29) is 11.5 Å². The smallest absolute Gasteiger partial charge is 0.337 e. The highest BCUT2D eigenvalue weighted by atomic mass is 16.4. The van der Waals surface area contributed by atoms with Gasteiger partial charge in [-0.3, -0.25) is 0 Å². The van der Waals surface area contributed by atoms with Gasteiger partial charge in [-0.2, -0.15) is 0 Å². The Hall–Kier alpha value is -1.84. The minimum absolute atomic E-state index is 0.0140. The fraction of sp³-hybridized carbons (Fsp3) is 0.529. The van der Waals surface area contributed by atoms with Crippen LogP contribution in [-0.4, -0.2) is 20.6 Å². The first-order chi connectivity index (χ1) is 9.94. The van der Waals surface area contributed by atoms with Crippen molar-refractivity contribution in [3.63, 3.8) is 0 Å². The molecule has 0 radical (unpaired) electrons. The Kier molecular flexibility index (Phi) is 3.27. The molecular weight excluding hydrogens is 264 g/mol. The molecule has 0 atom stereocenters. The number of imidazole rings is 1. The van der Waals surface area contributed by atoms with Gasteiger partial charge in [-0.05, 0) is 31.9 Å². The van der Waals surface area contributed by atoms with Gasteiger partial charge in [0.05, 0.1) is 16.6 Å². The maximum absolute atomic E-state index is 11.6. The van der Waals surface area contributed by atoms with Crippen molar-refractivity contribution >= 4 is 17.0 Å². The summed E-state index contributed by atoms with van der Waals surface area (Å²) in [4.78, 5) is 16.4. The second-order valence-corrected chi connectivity index (χ2v) is 6.64. The summed E-state index contributed by atoms with van der Waals surface area (Å²) in [6, 6.07) is 5.39. The predicted molar refractivity (Wildman–Crippen MR) is 82.9 cm³/mol. The number of benzene rings is 1. The number of rotatable bonds is 3. The predicted octanol–water partition coefficient (Wildman–Crippen LogP) is 4.15. The number of carboxylic acid groups (broad SMARTS) is 1. The van der Waals surface area contributed by atoms with E-state index in [1.807, 2.05) is 6.07 Å². The normalized spacial score (nSPS) is 17.7. The fourth-order valence-corrected chi connectivity index (χ4v) is 3.61. The zero-order chi connectivity index (χ0) is 15.2. The fourth-order valence-electron chi connectivity index (χ4n) is 3.61. The van der Waals surface area contributed by atoms with Crippen LogP contribution in [0.5, 0.6) is 0 Å². The molecule has 1 heterocycles. The Balaban J connectivity index is 2.38. The van der Waals surface area contributed by atoms with E-state index in [0.29, 0.717) is 5.56 Å². The summed E-state index contributed by atoms with van der Waals surface area (Å²) in [7, 11) is 0. The molecule has 1 N–H and O–H groups in total. The third kappa shape index (κ3) is 2.13. The van der Waals surface area contributed by atoms with Crippen LogP contribution in [0.1, 0.15) is 68.6 Å². The molecule has 0 unspecified atom stereocenters. The number of fused-ring (bicyclic) bond motifs is 1. The maximum atomic E-state index is 11.6. The Morgan fingerprint density at radius 2 is 2.00 bits per heavy atom. The number of carboxylic acids is 1. The number of carbonyl (C=O) groups is 1. The van der Waals surface area contributed by atoms with Gasteiger partial charge in [0.15, 0.2) is 0 Å². The second-order valence-electron chi connectivity index (χ2n) is 6.64. The zero-order valence-corrected chi connectivity index (χ0v) is 12.9. The quantitative estimate of drug-likeness (QED) is 0.922. The van der Waals surface area contributed by atoms with E-state index >= 15 is 0 Å². The van der Waals surface area contributed by atoms with Crippen molar-refractivity contribution in [3.05, 3.63) is 29.6 Å². The molecule has 1 aliphatic carbocycles. The Bertz CT molecular complexity index is 694. The van der Waals surface area contributed by atoms with Crippen LogP contribution >= 0.6 is 0 Å². The van der Waals surface area contributed by atoms with Gasteiger partial charge in [0, 0.05) is 11.5 Å². The molecule has 1 aliphatic rings. The van der Waals surface area contributed by atoms with E-state index in [1.165, 1.54) is 12.8 Å². The van der Waals surface area contributed by atoms with E-state index in [4.69, 9.17) is 4.98 Å². The van der Waals surface area contributed by atoms with Crippen LogP contribution in [0.2, 0.25) is 0 Å². The average molecular weight is 286 g/mol. The third-order valence-corrected chi connectivity index (χ3v) is 4.67. The highest BCUT2D eigenvalue weighted by Gasteiger charge is 2.35. The van der Waals surface area contributed by atoms with Crippen LogP contribution in [0.3, 0.4) is 0 Å². The molecule has 21 heavy (non-hydrogen) atoms. The first kappa shape index (κ1) is 14.1. The van der Waals surface area contributed by atoms with Crippen molar-refractivity contribution in [3.8, 4) is 0 Å². The van der Waals surface area contributed by atoms with Crippen molar-refractivity contribution in [2.75, 3.05) is 0 Å². The number of aromatic nitrogens is 2. The largest absolute Gasteiger partial charge is 0.478 e. The Morgan fingerprint density at radius 3 is 2.57 bits per heavy atom. The molecule has 3 rings (SSSR count). The van der Waals surface area contributed by atoms with Gasteiger partial charge < -0.3 is 9.67 Å². The number of para-hydroxylation sites is 1. The van der Waals surface area contributed by atoms with Gasteiger partial charge in [0.2, 0.25) is 0 Å². The lowest BCUT2D eigenvalue weighted by Crippen LogP contribution is -2.29. The molecular formula is C17H22N2O2. The molecule has 0 aliphatic heterocycles. The van der Waals surface area contributed by atoms with Crippen LogP contribution in [0.15, 0.2) is 18.2 Å². The molecule has 2 aromatic rings. The van der Waals surface area contributed by atoms with Gasteiger partial charge in [-0.15, -0.1) is 0 Å². The minimum atomic E-state index is -0.876. The van der Waals surface area contributed by atoms with Crippen LogP contribution in [0.25, 0.3) is 11.0 Å². The van der Waals surface area contributed by atoms with Crippen molar-refractivity contribution < 1.29 is 9.90 Å². The molecule has 4 heteroatoms. The van der Waals surface area contributed by atoms with Crippen molar-refractivity contribution in [1.82, 2.24) is 9.55 Å². The first-order valence-electron chi connectivity index (χ1n) is 7.69. The second kappa shape index (κ2) is 4.86. The van der Waals surface area contributed by atoms with Crippen LogP contribution in [-0.2, 0) is 5.54 Å². The summed E-state index contributed by atoms with van der Waals surface area (Å²) in [6.07, 6.45) is 4.57. The van der Waals surface area contributed by atoms with Gasteiger partial charge >= 0.3 is 5.97 Å². The number of aromatic carboxylic acids is 1. The van der Waals surface area contributed by atoms with Crippen LogP contribution < -0.4 is 0 Å². The highest BCUT2D eigenvalue weighted by Crippen LogP contribution is 2.41. The van der Waals surface area contributed by atoms with Crippen molar-refractivity contribution in [1.29, 1.82) is 0 Å². The lowest BCUT2D eigenvalue weighted by molar-refractivity contribution is 0.0698. The van der Waals surface area contributed by atoms with E-state index in [1.54, 1.807) is 12.1 Å². The number of hydrogen-bond acceptors (Lipinski definition) is 2. The molecule has 0 amide bonds. The van der Waals surface area contributed by atoms with E-state index in [0.717, 1.165) is 29.7 Å². The molecule has 4 nitrogen and oxygen atoms in total. The van der Waals surface area contributed by atoms with Crippen LogP contribution in [0.4, 0.5) is 0 Å². The summed E-state index contributed by atoms with van der Waals surface area (Å²) in [6.45, 7) is 6.48. The SMILES string of the molecule is CC(C)c1nc2cccc(C(=O)O)c2n1C1(C)CCCC1. The summed E-state index contributed by atoms with van der Waals surface area (Å²) < 4.78 is 2.23. The number of nitrogens with zero attached hydrogens (tertiary/aromatic N) is 2. The van der Waals surface area contributed by atoms with Crippen molar-refractivity contribution in [2.45, 2.75) is 57.9 Å². The van der Waals surface area contributed by atoms with E-state index in [2.05, 4.69) is 25.3 Å². The van der Waals surface area contributed by atoms with E-state index < -0.39 is 5.97 Å². The summed E-state index contributed by atoms with van der Waals surface area (Å²) in [5.74, 6) is 0.401. The van der Waals surface area contributed by atoms with Crippen LogP contribution in [0, 0.1) is 0 Å². The minimum Gasteiger partial charge on any atom is -0.478 e. The third-order valence-electron chi connectivity index (χ3n) is 4.67. The summed E-state index contributed by atoms with van der Waals surface area (Å²) in [5, 5.41) is 9.54. The summed E-state index contributed by atoms with van der Waals surface area (Å²) >= 11 is 0. The molecule has 0 bridgehead atoms. The topological polar surface area (TPSA) is 55.1 Å². The zero-order valence-electron chi connectivity index (χ0n) is 12.9. The molecule has 112 valence electrons.